The lowest BCUT2D eigenvalue weighted by molar-refractivity contribution is -0.162. The van der Waals surface area contributed by atoms with Gasteiger partial charge in [-0.3, -0.25) is 52.3 Å². The summed E-state index contributed by atoms with van der Waals surface area (Å²) in [5.41, 5.74) is -0.795. The van der Waals surface area contributed by atoms with Crippen LogP contribution in [0.1, 0.15) is 184 Å². The van der Waals surface area contributed by atoms with Crippen molar-refractivity contribution in [3.8, 4) is 36.2 Å². The lowest BCUT2D eigenvalue weighted by atomic mass is 9.98. The molecule has 0 unspecified atom stereocenters. The van der Waals surface area contributed by atoms with Crippen LogP contribution in [-0.2, 0) is 115 Å². The molecule has 41 nitrogen and oxygen atoms in total. The second-order valence-electron chi connectivity index (χ2n) is 31.6. The summed E-state index contributed by atoms with van der Waals surface area (Å²) in [6.07, 6.45) is 8.87. The van der Waals surface area contributed by atoms with E-state index in [9.17, 15) is 61.8 Å². The van der Waals surface area contributed by atoms with Gasteiger partial charge in [0, 0.05) is 19.4 Å². The van der Waals surface area contributed by atoms with Crippen molar-refractivity contribution in [1.29, 1.82) is 0 Å². The van der Waals surface area contributed by atoms with Crippen LogP contribution >= 0.6 is 34.3 Å². The van der Waals surface area contributed by atoms with Crippen LogP contribution < -0.4 is 41.9 Å². The Morgan fingerprint density at radius 2 is 1.02 bits per heavy atom. The molecule has 714 valence electrons. The number of nitrogens with two attached hydrogens (primary N) is 1. The molecule has 131 heavy (non-hydrogen) atoms. The average Bonchev–Trinajstić information content (AvgIpc) is 1.60. The number of fused-ring (bicyclic) bond motifs is 2. The standard InChI is InChI=1S/C42H52FN6O15P.C31H40FN6O8P.C10H14O6.HPS2/c1-10-27(11-2)20-57-37(52)25(6)48-65(55,64-28-16-14-13-15-17-28)58-22-42(12-3)30(61-36(51)24(4)5)18-31(62-42)49-23-44-33-34(45-38(43)47-35(33)49)46-39(53)63-41(8,9)19-32(50)56-21-29-26(7)59-40(54)60-29;1-7-21(8-2)16-42-29(40)20(6)37-47(41,46-22-13-11-10-12-14-22)43-17-31(9-3)23(44-28(39)19(4)5)15-24(45-31)38-18-34-25-26(33)35-30(32)36-27(25)38;1-6-7(16-9(12)15-6)5-14-8(11)4-10(2,3)13;2-1-3/h3,13-17,23-25,27,30-31H,10-11,18-22H2,1-2,4-9H3,(H,48,55)(H,45,46,47,53);3,10-14,18-21,23-24H,7-8,15-17H2,1-2,4-6H3,(H,37,41)(H2,33,35,36);13H,4-5H2,1-3H3;(H,2,3)/t25-,30-,31+,42+,65-;20-,23-,24+,31+,47-;;/m00../s1. The molecule has 0 bridgehead atoms. The summed E-state index contributed by atoms with van der Waals surface area (Å²) in [4.78, 5) is 134. The first-order valence-electron chi connectivity index (χ1n) is 41.1. The third-order valence-electron chi connectivity index (χ3n) is 19.6. The Labute approximate surface area is 763 Å². The number of amides is 1. The van der Waals surface area contributed by atoms with Crippen molar-refractivity contribution in [3.63, 3.8) is 0 Å². The van der Waals surface area contributed by atoms with E-state index in [1.165, 1.54) is 89.3 Å². The van der Waals surface area contributed by atoms with E-state index >= 15 is 4.39 Å². The molecular formula is C83H107F2N12O29P3S2. The number of aryl methyl sites for hydroxylation is 2. The molecule has 2 aromatic carbocycles. The number of benzene rings is 2. The zero-order valence-corrected chi connectivity index (χ0v) is 79.1. The first-order chi connectivity index (χ1) is 61.7. The van der Waals surface area contributed by atoms with Gasteiger partial charge in [-0.2, -0.15) is 38.9 Å². The lowest BCUT2D eigenvalue weighted by Gasteiger charge is -2.31. The van der Waals surface area contributed by atoms with Gasteiger partial charge in [0.1, 0.15) is 67.1 Å². The summed E-state index contributed by atoms with van der Waals surface area (Å²) >= 11 is 7.81. The lowest BCUT2D eigenvalue weighted by Crippen LogP contribution is -2.46. The maximum Gasteiger partial charge on any atom is 0.519 e. The predicted molar refractivity (Wildman–Crippen MR) is 470 cm³/mol. The number of hydrogen-bond acceptors (Lipinski definition) is 37. The van der Waals surface area contributed by atoms with E-state index in [0.717, 1.165) is 25.7 Å². The van der Waals surface area contributed by atoms with Gasteiger partial charge in [0.05, 0.1) is 56.1 Å². The number of carbonyl (C=O) groups excluding carboxylic acids is 7. The van der Waals surface area contributed by atoms with Crippen LogP contribution in [0.4, 0.5) is 25.2 Å². The third kappa shape index (κ3) is 31.4. The highest BCUT2D eigenvalue weighted by atomic mass is 32.9. The molecule has 8 aromatic rings. The fourth-order valence-electron chi connectivity index (χ4n) is 12.1. The molecule has 8 heterocycles. The normalized spacial score (nSPS) is 18.5. The van der Waals surface area contributed by atoms with Gasteiger partial charge in [0.25, 0.3) is 0 Å². The van der Waals surface area contributed by atoms with Crippen LogP contribution in [0.5, 0.6) is 11.5 Å². The molecule has 48 heteroatoms. The fourth-order valence-corrected chi connectivity index (χ4v) is 15.2. The van der Waals surface area contributed by atoms with Crippen LogP contribution in [0.2, 0.25) is 0 Å². The van der Waals surface area contributed by atoms with E-state index in [0.29, 0.717) is 6.56 Å². The van der Waals surface area contributed by atoms with Gasteiger partial charge < -0.3 is 80.2 Å². The molecule has 10 rings (SSSR count). The molecular weight excluding hydrogens is 1820 g/mol. The van der Waals surface area contributed by atoms with Crippen LogP contribution in [-0.4, -0.2) is 159 Å². The van der Waals surface area contributed by atoms with Gasteiger partial charge in [0.15, 0.2) is 81.4 Å². The Morgan fingerprint density at radius 1 is 0.626 bits per heavy atom. The number of ether oxygens (including phenoxy) is 9. The summed E-state index contributed by atoms with van der Waals surface area (Å²) in [6, 6.07) is 13.8. The summed E-state index contributed by atoms with van der Waals surface area (Å²) in [7, 11) is -8.94. The van der Waals surface area contributed by atoms with Crippen molar-refractivity contribution in [3.05, 3.63) is 130 Å². The van der Waals surface area contributed by atoms with Crippen LogP contribution in [0.15, 0.2) is 101 Å². The maximum absolute atomic E-state index is 15.1. The Kier molecular flexibility index (Phi) is 39.6. The SMILES string of the molecule is C#C[C@]1(CO[P@@](=O)(N[C@@H](C)C(=O)OCC(CC)CC)Oc2ccccc2)O[C@@H](n2cnc3c(N)nc(F)nc32)C[C@@H]1OC(=O)C(C)C.C#C[C@]1(CO[P@@](=O)(N[C@@H](C)C(=O)OCC(CC)CC)Oc2ccccc2)O[C@@H](n2cnc3c(NC(=O)OC(C)(C)CC(=O)OCc4oc(=O)oc4C)nc(F)nc32)C[C@@H]1OC(=O)C(C)C.Cc1oc(=O)oc1COC(=O)CC(C)(C)O.S=PS. The Hall–Kier alpha value is -10.9. The number of nitrogens with one attached hydrogen (secondary N) is 3. The van der Waals surface area contributed by atoms with E-state index in [2.05, 4.69) is 90.1 Å². The first kappa shape index (κ1) is 107. The number of carbonyl (C=O) groups is 7. The molecule has 6 aromatic heterocycles. The number of rotatable bonds is 40. The van der Waals surface area contributed by atoms with Crippen molar-refractivity contribution < 1.29 is 135 Å². The smallest absolute Gasteiger partial charge is 0.464 e. The Bertz CT molecular complexity index is 5560. The van der Waals surface area contributed by atoms with Crippen LogP contribution in [0, 0.1) is 74.4 Å². The van der Waals surface area contributed by atoms with E-state index in [1.54, 1.807) is 76.2 Å². The molecule has 2 saturated heterocycles. The Balaban J connectivity index is 0.000000307. The van der Waals surface area contributed by atoms with E-state index in [1.807, 2.05) is 27.7 Å². The number of anilines is 2. The zero-order valence-electron chi connectivity index (χ0n) is 74.7. The Morgan fingerprint density at radius 3 is 1.39 bits per heavy atom. The van der Waals surface area contributed by atoms with Gasteiger partial charge in [-0.1, -0.05) is 129 Å². The molecule has 1 amide bonds. The van der Waals surface area contributed by atoms with Gasteiger partial charge in [0.2, 0.25) is 0 Å². The molecule has 2 fully saturated rings. The number of halogens is 2. The number of hydrogen-bond donors (Lipinski definition) is 6. The molecule has 0 radical (unpaired) electrons. The van der Waals surface area contributed by atoms with E-state index in [4.69, 9.17) is 88.1 Å². The van der Waals surface area contributed by atoms with Crippen molar-refractivity contribution in [1.82, 2.24) is 49.2 Å². The number of terminal acetylenes is 2. The quantitative estimate of drug-likeness (QED) is 0.00519. The van der Waals surface area contributed by atoms with Crippen LogP contribution in [0.3, 0.4) is 0 Å². The first-order valence-corrected chi connectivity index (χ1v) is 47.2. The monoisotopic (exact) mass is 1930 g/mol. The summed E-state index contributed by atoms with van der Waals surface area (Å²) in [5, 5.41) is 16.9. The number of aliphatic hydroxyl groups is 1. The van der Waals surface area contributed by atoms with Crippen molar-refractivity contribution in [2.24, 2.45) is 23.7 Å². The number of nitrogen functional groups attached to an aromatic ring is 1. The molecule has 0 saturated carbocycles. The van der Waals surface area contributed by atoms with Crippen LogP contribution in [0.25, 0.3) is 22.3 Å². The topological polar surface area (TPSA) is 530 Å². The third-order valence-corrected chi connectivity index (χ3v) is 22.8. The largest absolute Gasteiger partial charge is 0.519 e. The molecule has 0 aliphatic carbocycles. The minimum Gasteiger partial charge on any atom is -0.464 e. The van der Waals surface area contributed by atoms with Gasteiger partial charge in [-0.05, 0) is 103 Å². The molecule has 10 atom stereocenters. The predicted octanol–water partition coefficient (Wildman–Crippen LogP) is 12.9. The minimum absolute atomic E-state index is 0.00667. The second-order valence-corrected chi connectivity index (χ2v) is 37.1. The number of thiol groups is 1. The summed E-state index contributed by atoms with van der Waals surface area (Å²) in [5.74, 6) is -1.39. The second kappa shape index (κ2) is 48.5. The zero-order chi connectivity index (χ0) is 97.1. The molecule has 0 spiro atoms. The minimum atomic E-state index is -4.54. The number of aromatic nitrogens is 8. The number of esters is 6. The maximum atomic E-state index is 15.1. The van der Waals surface area contributed by atoms with E-state index in [-0.39, 0.29) is 114 Å². The van der Waals surface area contributed by atoms with Crippen molar-refractivity contribution >= 4 is 122 Å². The van der Waals surface area contributed by atoms with Gasteiger partial charge in [-0.25, -0.2) is 33.5 Å². The molecule has 6 N–H and O–H groups in total. The number of imidazole rings is 2. The van der Waals surface area contributed by atoms with Gasteiger partial charge in [-0.15, -0.1) is 25.1 Å². The molecule has 2 aliphatic rings. The highest BCUT2D eigenvalue weighted by molar-refractivity contribution is 8.49. The highest BCUT2D eigenvalue weighted by Crippen LogP contribution is 2.51. The highest BCUT2D eigenvalue weighted by Gasteiger charge is 2.56. The van der Waals surface area contributed by atoms with Crippen molar-refractivity contribution in [2.45, 2.75) is 235 Å². The summed E-state index contributed by atoms with van der Waals surface area (Å²) in [6.45, 7) is 25.2. The average molecular weight is 1930 g/mol. The van der Waals surface area contributed by atoms with Gasteiger partial charge >= 0.3 is 81.2 Å². The number of nitrogens with zero attached hydrogens (tertiary/aromatic N) is 8. The fraction of sp³-hybridized carbons (Fsp3) is 0.530. The number of para-hydroxylation sites is 2. The molecule has 2 aliphatic heterocycles. The van der Waals surface area contributed by atoms with E-state index < -0.39 is 184 Å². The van der Waals surface area contributed by atoms with Crippen molar-refractivity contribution in [2.75, 3.05) is 37.5 Å². The summed E-state index contributed by atoms with van der Waals surface area (Å²) < 4.78 is 153.